The Bertz CT molecular complexity index is 439. The van der Waals surface area contributed by atoms with Crippen LogP contribution in [-0.4, -0.2) is 18.1 Å². The predicted molar refractivity (Wildman–Crippen MR) is 48.1 cm³/mol. The summed E-state index contributed by atoms with van der Waals surface area (Å²) in [6, 6.07) is 0. The number of H-pyrrole nitrogens is 1. The molecule has 1 heterocycles. The Kier molecular flexibility index (Phi) is 3.18. The van der Waals surface area contributed by atoms with Gasteiger partial charge in [0.1, 0.15) is 0 Å². The van der Waals surface area contributed by atoms with E-state index in [1.165, 1.54) is 6.92 Å². The minimum absolute atomic E-state index is 0.173. The molecule has 82 valence electrons. The number of hydrogen-bond donors (Lipinski definition) is 1. The molecule has 6 heteroatoms. The molecule has 0 radical (unpaired) electrons. The topological polar surface area (TPSA) is 59.2 Å². The lowest BCUT2D eigenvalue weighted by atomic mass is 10.1. The van der Waals surface area contributed by atoms with Crippen molar-refractivity contribution in [2.75, 3.05) is 7.11 Å². The fourth-order valence-corrected chi connectivity index (χ4v) is 1.21. The molecule has 0 aliphatic rings. The third kappa shape index (κ3) is 2.03. The van der Waals surface area contributed by atoms with Crippen molar-refractivity contribution in [3.63, 3.8) is 0 Å². The standard InChI is InChI=1S/C9H9F2NO3/c1-4-6(7(10)11)5(9(14)15-2)3-12-8(4)13/h3,7H,1-2H3,(H,12,13). The van der Waals surface area contributed by atoms with Crippen LogP contribution in [0, 0.1) is 6.92 Å². The Balaban J connectivity index is 3.47. The number of aromatic amines is 1. The number of nitrogens with one attached hydrogen (secondary N) is 1. The zero-order valence-corrected chi connectivity index (χ0v) is 8.14. The van der Waals surface area contributed by atoms with E-state index >= 15 is 0 Å². The largest absolute Gasteiger partial charge is 0.465 e. The van der Waals surface area contributed by atoms with Crippen LogP contribution in [0.4, 0.5) is 8.78 Å². The van der Waals surface area contributed by atoms with Gasteiger partial charge in [-0.25, -0.2) is 13.6 Å². The molecule has 15 heavy (non-hydrogen) atoms. The number of carbonyl (C=O) groups is 1. The van der Waals surface area contributed by atoms with Crippen LogP contribution in [0.3, 0.4) is 0 Å². The summed E-state index contributed by atoms with van der Waals surface area (Å²) in [6.07, 6.45) is -1.95. The first-order valence-corrected chi connectivity index (χ1v) is 4.07. The fourth-order valence-electron chi connectivity index (χ4n) is 1.21. The number of aromatic nitrogens is 1. The number of pyridine rings is 1. The van der Waals surface area contributed by atoms with Gasteiger partial charge in [-0.3, -0.25) is 4.79 Å². The maximum absolute atomic E-state index is 12.6. The summed E-state index contributed by atoms with van der Waals surface area (Å²) in [5, 5.41) is 0. The molecular weight excluding hydrogens is 208 g/mol. The van der Waals surface area contributed by atoms with Gasteiger partial charge in [0.25, 0.3) is 12.0 Å². The molecule has 1 N–H and O–H groups in total. The Hall–Kier alpha value is -1.72. The summed E-state index contributed by atoms with van der Waals surface area (Å²) >= 11 is 0. The molecular formula is C9H9F2NO3. The number of methoxy groups -OCH3 is 1. The average molecular weight is 217 g/mol. The van der Waals surface area contributed by atoms with Gasteiger partial charge in [-0.2, -0.15) is 0 Å². The quantitative estimate of drug-likeness (QED) is 0.762. The van der Waals surface area contributed by atoms with Crippen LogP contribution in [0.1, 0.15) is 27.9 Å². The number of ether oxygens (including phenoxy) is 1. The number of alkyl halides is 2. The van der Waals surface area contributed by atoms with Gasteiger partial charge in [-0.15, -0.1) is 0 Å². The third-order valence-corrected chi connectivity index (χ3v) is 2.01. The van der Waals surface area contributed by atoms with Crippen molar-refractivity contribution in [3.05, 3.63) is 33.2 Å². The van der Waals surface area contributed by atoms with Crippen molar-refractivity contribution in [2.24, 2.45) is 0 Å². The van der Waals surface area contributed by atoms with Crippen LogP contribution >= 0.6 is 0 Å². The SMILES string of the molecule is COC(=O)c1c[nH]c(=O)c(C)c1C(F)F. The van der Waals surface area contributed by atoms with E-state index in [2.05, 4.69) is 9.72 Å². The molecule has 0 saturated carbocycles. The number of halogens is 2. The van der Waals surface area contributed by atoms with Gasteiger partial charge in [0.15, 0.2) is 0 Å². The summed E-state index contributed by atoms with van der Waals surface area (Å²) in [5.74, 6) is -0.898. The lowest BCUT2D eigenvalue weighted by Crippen LogP contribution is -2.18. The van der Waals surface area contributed by atoms with Crippen LogP contribution in [0.25, 0.3) is 0 Å². The van der Waals surface area contributed by atoms with Crippen LogP contribution in [0.5, 0.6) is 0 Å². The van der Waals surface area contributed by atoms with Crippen LogP contribution in [0.2, 0.25) is 0 Å². The van der Waals surface area contributed by atoms with E-state index in [4.69, 9.17) is 0 Å². The smallest absolute Gasteiger partial charge is 0.339 e. The molecule has 1 aromatic heterocycles. The summed E-state index contributed by atoms with van der Waals surface area (Å²) in [6.45, 7) is 1.23. The fraction of sp³-hybridized carbons (Fsp3) is 0.333. The number of carbonyl (C=O) groups excluding carboxylic acids is 1. The first-order chi connectivity index (χ1) is 6.99. The molecule has 0 spiro atoms. The van der Waals surface area contributed by atoms with E-state index in [0.29, 0.717) is 0 Å². The van der Waals surface area contributed by atoms with Gasteiger partial charge in [0.2, 0.25) is 0 Å². The van der Waals surface area contributed by atoms with E-state index < -0.39 is 23.5 Å². The summed E-state index contributed by atoms with van der Waals surface area (Å²) < 4.78 is 29.5. The molecule has 0 unspecified atom stereocenters. The summed E-state index contributed by atoms with van der Waals surface area (Å²) in [5.41, 5.74) is -1.71. The molecule has 4 nitrogen and oxygen atoms in total. The Morgan fingerprint density at radius 2 is 2.13 bits per heavy atom. The molecule has 0 amide bonds. The van der Waals surface area contributed by atoms with E-state index in [0.717, 1.165) is 13.3 Å². The molecule has 0 aromatic carbocycles. The van der Waals surface area contributed by atoms with Gasteiger partial charge < -0.3 is 9.72 Å². The summed E-state index contributed by atoms with van der Waals surface area (Å²) in [4.78, 5) is 24.4. The monoisotopic (exact) mass is 217 g/mol. The average Bonchev–Trinajstić information content (AvgIpc) is 2.20. The maximum Gasteiger partial charge on any atom is 0.339 e. The molecule has 0 aliphatic carbocycles. The van der Waals surface area contributed by atoms with Crippen molar-refractivity contribution in [2.45, 2.75) is 13.3 Å². The van der Waals surface area contributed by atoms with Crippen molar-refractivity contribution < 1.29 is 18.3 Å². The Morgan fingerprint density at radius 1 is 1.53 bits per heavy atom. The van der Waals surface area contributed by atoms with Crippen LogP contribution < -0.4 is 5.56 Å². The highest BCUT2D eigenvalue weighted by Gasteiger charge is 2.22. The van der Waals surface area contributed by atoms with E-state index in [9.17, 15) is 18.4 Å². The normalized spacial score (nSPS) is 10.5. The Labute approximate surface area is 83.9 Å². The number of esters is 1. The molecule has 1 rings (SSSR count). The van der Waals surface area contributed by atoms with E-state index in [1.807, 2.05) is 0 Å². The van der Waals surface area contributed by atoms with Gasteiger partial charge in [-0.1, -0.05) is 0 Å². The zero-order chi connectivity index (χ0) is 11.6. The summed E-state index contributed by atoms with van der Waals surface area (Å²) in [7, 11) is 1.08. The molecule has 0 atom stereocenters. The highest BCUT2D eigenvalue weighted by molar-refractivity contribution is 5.91. The number of hydrogen-bond acceptors (Lipinski definition) is 3. The van der Waals surface area contributed by atoms with Crippen molar-refractivity contribution in [1.29, 1.82) is 0 Å². The third-order valence-electron chi connectivity index (χ3n) is 2.01. The van der Waals surface area contributed by atoms with Crippen molar-refractivity contribution in [1.82, 2.24) is 4.98 Å². The first-order valence-electron chi connectivity index (χ1n) is 4.07. The van der Waals surface area contributed by atoms with E-state index in [1.54, 1.807) is 0 Å². The highest BCUT2D eigenvalue weighted by Crippen LogP contribution is 2.24. The molecule has 0 bridgehead atoms. The second-order valence-corrected chi connectivity index (χ2v) is 2.86. The van der Waals surface area contributed by atoms with Gasteiger partial charge in [0.05, 0.1) is 12.7 Å². The van der Waals surface area contributed by atoms with Gasteiger partial charge in [-0.05, 0) is 6.92 Å². The molecule has 0 fully saturated rings. The second-order valence-electron chi connectivity index (χ2n) is 2.86. The second kappa shape index (κ2) is 4.20. The lowest BCUT2D eigenvalue weighted by molar-refractivity contribution is 0.0588. The molecule has 1 aromatic rings. The molecule has 0 saturated heterocycles. The molecule has 0 aliphatic heterocycles. The zero-order valence-electron chi connectivity index (χ0n) is 8.14. The lowest BCUT2D eigenvalue weighted by Gasteiger charge is -2.08. The van der Waals surface area contributed by atoms with Crippen LogP contribution in [-0.2, 0) is 4.74 Å². The van der Waals surface area contributed by atoms with Gasteiger partial charge in [0, 0.05) is 17.3 Å². The van der Waals surface area contributed by atoms with Crippen molar-refractivity contribution in [3.8, 4) is 0 Å². The van der Waals surface area contributed by atoms with Crippen LogP contribution in [0.15, 0.2) is 11.0 Å². The maximum atomic E-state index is 12.6. The highest BCUT2D eigenvalue weighted by atomic mass is 19.3. The predicted octanol–water partition coefficient (Wildman–Crippen LogP) is 1.41. The first kappa shape index (κ1) is 11.4. The number of rotatable bonds is 2. The van der Waals surface area contributed by atoms with Crippen molar-refractivity contribution >= 4 is 5.97 Å². The Morgan fingerprint density at radius 3 is 2.60 bits per heavy atom. The van der Waals surface area contributed by atoms with E-state index in [-0.39, 0.29) is 11.1 Å². The minimum Gasteiger partial charge on any atom is -0.465 e. The minimum atomic E-state index is -2.89. The van der Waals surface area contributed by atoms with Gasteiger partial charge >= 0.3 is 5.97 Å².